The van der Waals surface area contributed by atoms with Gasteiger partial charge in [0.15, 0.2) is 0 Å². The Morgan fingerprint density at radius 1 is 1.26 bits per heavy atom. The van der Waals surface area contributed by atoms with Crippen LogP contribution in [0.4, 0.5) is 0 Å². The largest absolute Gasteiger partial charge is 0.394 e. The zero-order chi connectivity index (χ0) is 25.0. The number of carbonyl (C=O) groups excluding carboxylic acids is 3. The lowest BCUT2D eigenvalue weighted by Crippen LogP contribution is -2.57. The molecule has 11 heteroatoms. The molecule has 35 heavy (non-hydrogen) atoms. The molecule has 3 saturated heterocycles. The van der Waals surface area contributed by atoms with E-state index in [9.17, 15) is 19.5 Å². The SMILES string of the molecule is CCCNC(=O)[C@H]1[C@H]2C(=O)N([C@H](C)CO)C(C(=O)NCn3nnc4ccccc43)C23CC[C@]1(C)O3. The smallest absolute Gasteiger partial charge is 0.247 e. The molecule has 3 N–H and O–H groups in total. The highest BCUT2D eigenvalue weighted by Gasteiger charge is 2.78. The van der Waals surface area contributed by atoms with E-state index in [1.165, 1.54) is 4.90 Å². The molecular weight excluding hydrogens is 452 g/mol. The van der Waals surface area contributed by atoms with Gasteiger partial charge in [-0.1, -0.05) is 24.3 Å². The van der Waals surface area contributed by atoms with E-state index in [1.54, 1.807) is 11.6 Å². The number of likely N-dealkylation sites (tertiary alicyclic amines) is 1. The van der Waals surface area contributed by atoms with Crippen molar-refractivity contribution < 1.29 is 24.2 Å². The summed E-state index contributed by atoms with van der Waals surface area (Å²) in [6, 6.07) is 5.84. The minimum atomic E-state index is -1.13. The summed E-state index contributed by atoms with van der Waals surface area (Å²) >= 11 is 0. The Bertz CT molecular complexity index is 1170. The van der Waals surface area contributed by atoms with E-state index in [0.29, 0.717) is 24.9 Å². The number of nitrogens with zero attached hydrogens (tertiary/aromatic N) is 4. The van der Waals surface area contributed by atoms with Crippen molar-refractivity contribution in [2.24, 2.45) is 11.8 Å². The number of amides is 3. The third-order valence-electron chi connectivity index (χ3n) is 7.86. The summed E-state index contributed by atoms with van der Waals surface area (Å²) in [5, 5.41) is 24.0. The quantitative estimate of drug-likeness (QED) is 0.486. The van der Waals surface area contributed by atoms with Gasteiger partial charge in [0.25, 0.3) is 0 Å². The summed E-state index contributed by atoms with van der Waals surface area (Å²) in [5.74, 6) is -2.42. The topological polar surface area (TPSA) is 139 Å². The first kappa shape index (κ1) is 23.7. The fraction of sp³-hybridized carbons (Fsp3) is 0.625. The lowest BCUT2D eigenvalue weighted by atomic mass is 9.66. The van der Waals surface area contributed by atoms with E-state index < -0.39 is 41.0 Å². The Kier molecular flexibility index (Phi) is 5.79. The van der Waals surface area contributed by atoms with Crippen LogP contribution in [0.3, 0.4) is 0 Å². The maximum Gasteiger partial charge on any atom is 0.247 e. The van der Waals surface area contributed by atoms with Gasteiger partial charge >= 0.3 is 0 Å². The number of aromatic nitrogens is 3. The van der Waals surface area contributed by atoms with Gasteiger partial charge in [-0.15, -0.1) is 5.10 Å². The molecule has 0 saturated carbocycles. The highest BCUT2D eigenvalue weighted by Crippen LogP contribution is 2.63. The number of benzene rings is 1. The van der Waals surface area contributed by atoms with Crippen molar-refractivity contribution in [3.05, 3.63) is 24.3 Å². The van der Waals surface area contributed by atoms with Crippen LogP contribution >= 0.6 is 0 Å². The summed E-state index contributed by atoms with van der Waals surface area (Å²) in [5.41, 5.74) is -0.477. The van der Waals surface area contributed by atoms with E-state index in [-0.39, 0.29) is 25.1 Å². The fourth-order valence-electron chi connectivity index (χ4n) is 6.27. The zero-order valence-corrected chi connectivity index (χ0v) is 20.2. The van der Waals surface area contributed by atoms with Crippen molar-refractivity contribution in [1.29, 1.82) is 0 Å². The number of hydrogen-bond donors (Lipinski definition) is 3. The van der Waals surface area contributed by atoms with Gasteiger partial charge in [0.05, 0.1) is 35.6 Å². The van der Waals surface area contributed by atoms with E-state index in [0.717, 1.165) is 11.9 Å². The van der Waals surface area contributed by atoms with Crippen LogP contribution in [0.15, 0.2) is 24.3 Å². The zero-order valence-electron chi connectivity index (χ0n) is 20.2. The second kappa shape index (κ2) is 8.56. The minimum absolute atomic E-state index is 0.0593. The van der Waals surface area contributed by atoms with Crippen LogP contribution in [0.25, 0.3) is 11.0 Å². The normalized spacial score (nSPS) is 32.2. The molecule has 11 nitrogen and oxygen atoms in total. The molecule has 3 aliphatic heterocycles. The van der Waals surface area contributed by atoms with Crippen LogP contribution in [-0.4, -0.2) is 79.2 Å². The van der Waals surface area contributed by atoms with E-state index in [1.807, 2.05) is 38.1 Å². The molecule has 0 aliphatic carbocycles. The summed E-state index contributed by atoms with van der Waals surface area (Å²) < 4.78 is 8.10. The van der Waals surface area contributed by atoms with Gasteiger partial charge in [-0.25, -0.2) is 4.68 Å². The monoisotopic (exact) mass is 484 g/mol. The first-order valence-corrected chi connectivity index (χ1v) is 12.2. The Labute approximate surface area is 203 Å². The van der Waals surface area contributed by atoms with Gasteiger partial charge in [-0.05, 0) is 45.2 Å². The summed E-state index contributed by atoms with van der Waals surface area (Å²) in [6.45, 7) is 5.78. The molecule has 4 heterocycles. The van der Waals surface area contributed by atoms with Crippen molar-refractivity contribution in [1.82, 2.24) is 30.5 Å². The minimum Gasteiger partial charge on any atom is -0.394 e. The number of para-hydroxylation sites is 1. The van der Waals surface area contributed by atoms with E-state index in [2.05, 4.69) is 20.9 Å². The number of nitrogens with one attached hydrogen (secondary N) is 2. The number of fused-ring (bicyclic) bond motifs is 2. The first-order chi connectivity index (χ1) is 16.8. The number of rotatable bonds is 8. The highest BCUT2D eigenvalue weighted by atomic mass is 16.5. The third kappa shape index (κ3) is 3.43. The van der Waals surface area contributed by atoms with Crippen molar-refractivity contribution in [2.45, 2.75) is 70.0 Å². The Morgan fingerprint density at radius 3 is 2.77 bits per heavy atom. The van der Waals surface area contributed by atoms with Gasteiger partial charge in [0, 0.05) is 6.54 Å². The van der Waals surface area contributed by atoms with Crippen LogP contribution < -0.4 is 10.6 Å². The standard InChI is InChI=1S/C24H32N6O5/c1-4-11-25-20(32)17-18-22(34)30(14(2)12-31)19(24(18)10-9-23(17,3)35-24)21(33)26-13-29-16-8-6-5-7-15(16)27-28-29/h5-8,14,17-19,31H,4,9-13H2,1-3H3,(H,25,32)(H,26,33)/t14-,17-,18+,19?,23+,24?/m1/s1. The predicted molar refractivity (Wildman–Crippen MR) is 125 cm³/mol. The van der Waals surface area contributed by atoms with Crippen molar-refractivity contribution >= 4 is 28.8 Å². The average Bonchev–Trinajstić information content (AvgIpc) is 3.56. The highest BCUT2D eigenvalue weighted by molar-refractivity contribution is 5.99. The first-order valence-electron chi connectivity index (χ1n) is 12.2. The fourth-order valence-corrected chi connectivity index (χ4v) is 6.27. The van der Waals surface area contributed by atoms with E-state index in [4.69, 9.17) is 4.74 Å². The Morgan fingerprint density at radius 2 is 2.03 bits per heavy atom. The molecule has 188 valence electrons. The van der Waals surface area contributed by atoms with Crippen LogP contribution in [0, 0.1) is 11.8 Å². The third-order valence-corrected chi connectivity index (χ3v) is 7.86. The molecular formula is C24H32N6O5. The molecule has 5 rings (SSSR count). The molecule has 6 atom stereocenters. The summed E-state index contributed by atoms with van der Waals surface area (Å²) in [7, 11) is 0. The van der Waals surface area contributed by atoms with Crippen LogP contribution in [0.1, 0.15) is 40.0 Å². The predicted octanol–water partition coefficient (Wildman–Crippen LogP) is 0.177. The number of hydrogen-bond acceptors (Lipinski definition) is 7. The van der Waals surface area contributed by atoms with Gasteiger partial charge in [0.1, 0.15) is 23.8 Å². The molecule has 3 amide bonds. The van der Waals surface area contributed by atoms with Crippen LogP contribution in [0.2, 0.25) is 0 Å². The second-order valence-corrected chi connectivity index (χ2v) is 10.1. The van der Waals surface area contributed by atoms with Gasteiger partial charge in [-0.3, -0.25) is 14.4 Å². The maximum absolute atomic E-state index is 13.8. The molecule has 3 fully saturated rings. The van der Waals surface area contributed by atoms with Crippen molar-refractivity contribution in [3.8, 4) is 0 Å². The van der Waals surface area contributed by atoms with Gasteiger partial charge < -0.3 is 25.4 Å². The number of ether oxygens (including phenoxy) is 1. The number of aliphatic hydroxyl groups excluding tert-OH is 1. The number of aliphatic hydroxyl groups is 1. The Balaban J connectivity index is 1.46. The number of carbonyl (C=O) groups is 3. The van der Waals surface area contributed by atoms with Crippen LogP contribution in [-0.2, 0) is 25.8 Å². The van der Waals surface area contributed by atoms with Gasteiger partial charge in [0.2, 0.25) is 17.7 Å². The molecule has 3 aliphatic rings. The summed E-state index contributed by atoms with van der Waals surface area (Å²) in [4.78, 5) is 42.1. The molecule has 1 aromatic carbocycles. The lowest BCUT2D eigenvalue weighted by Gasteiger charge is -2.35. The van der Waals surface area contributed by atoms with Crippen molar-refractivity contribution in [3.63, 3.8) is 0 Å². The lowest BCUT2D eigenvalue weighted by molar-refractivity contribution is -0.149. The summed E-state index contributed by atoms with van der Waals surface area (Å²) in [6.07, 6.45) is 1.83. The van der Waals surface area contributed by atoms with Crippen molar-refractivity contribution in [2.75, 3.05) is 13.2 Å². The van der Waals surface area contributed by atoms with Crippen LogP contribution in [0.5, 0.6) is 0 Å². The van der Waals surface area contributed by atoms with E-state index >= 15 is 0 Å². The molecule has 2 aromatic rings. The molecule has 2 bridgehead atoms. The molecule has 1 aromatic heterocycles. The molecule has 0 radical (unpaired) electrons. The maximum atomic E-state index is 13.8. The second-order valence-electron chi connectivity index (χ2n) is 10.1. The Hall–Kier alpha value is -3.05. The van der Waals surface area contributed by atoms with Gasteiger partial charge in [-0.2, -0.15) is 0 Å². The average molecular weight is 485 g/mol. The molecule has 2 unspecified atom stereocenters. The molecule has 1 spiro atoms.